The molecular weight excluding hydrogens is 242 g/mol. The van der Waals surface area contributed by atoms with Crippen LogP contribution in [0.25, 0.3) is 11.3 Å². The number of aromatic carboxylic acids is 1. The fourth-order valence-corrected chi connectivity index (χ4v) is 1.96. The quantitative estimate of drug-likeness (QED) is 0.912. The molecule has 4 nitrogen and oxygen atoms in total. The van der Waals surface area contributed by atoms with Gasteiger partial charge >= 0.3 is 5.97 Å². The van der Waals surface area contributed by atoms with Gasteiger partial charge in [-0.2, -0.15) is 0 Å². The van der Waals surface area contributed by atoms with Gasteiger partial charge in [-0.15, -0.1) is 0 Å². The molecule has 2 aromatic rings. The molecule has 0 spiro atoms. The number of hydrogen-bond donors (Lipinski definition) is 1. The zero-order valence-electron chi connectivity index (χ0n) is 11.3. The van der Waals surface area contributed by atoms with Gasteiger partial charge in [0.25, 0.3) is 0 Å². The van der Waals surface area contributed by atoms with Gasteiger partial charge in [-0.1, -0.05) is 48.8 Å². The predicted molar refractivity (Wildman–Crippen MR) is 72.2 cm³/mol. The van der Waals surface area contributed by atoms with Gasteiger partial charge in [0.2, 0.25) is 0 Å². The lowest BCUT2D eigenvalue weighted by atomic mass is 10.0. The lowest BCUT2D eigenvalue weighted by Gasteiger charge is -2.02. The Kier molecular flexibility index (Phi) is 3.69. The highest BCUT2D eigenvalue weighted by Gasteiger charge is 2.23. The second kappa shape index (κ2) is 5.26. The summed E-state index contributed by atoms with van der Waals surface area (Å²) in [6, 6.07) is 7.58. The largest absolute Gasteiger partial charge is 0.477 e. The van der Waals surface area contributed by atoms with E-state index in [-0.39, 0.29) is 5.56 Å². The minimum atomic E-state index is -0.993. The van der Waals surface area contributed by atoms with Crippen LogP contribution in [0.2, 0.25) is 0 Å². The zero-order valence-corrected chi connectivity index (χ0v) is 11.3. The second-order valence-corrected chi connectivity index (χ2v) is 5.10. The number of rotatable bonds is 4. The van der Waals surface area contributed by atoms with Crippen LogP contribution in [0.3, 0.4) is 0 Å². The molecule has 2 rings (SSSR count). The number of carbonyl (C=O) groups is 1. The van der Waals surface area contributed by atoms with Crippen LogP contribution in [0, 0.1) is 12.8 Å². The van der Waals surface area contributed by atoms with Crippen LogP contribution in [0.1, 0.15) is 35.5 Å². The molecule has 0 fully saturated rings. The van der Waals surface area contributed by atoms with E-state index in [1.807, 2.05) is 45.0 Å². The molecule has 1 heterocycles. The molecule has 1 aromatic heterocycles. The summed E-state index contributed by atoms with van der Waals surface area (Å²) in [5.74, 6) is -0.234. The maximum atomic E-state index is 11.4. The summed E-state index contributed by atoms with van der Waals surface area (Å²) >= 11 is 0. The number of benzene rings is 1. The van der Waals surface area contributed by atoms with Crippen molar-refractivity contribution in [3.05, 3.63) is 41.2 Å². The number of aromatic nitrogens is 1. The number of carboxylic acid groups (broad SMARTS) is 1. The molecule has 4 heteroatoms. The Morgan fingerprint density at radius 2 is 1.95 bits per heavy atom. The van der Waals surface area contributed by atoms with Crippen molar-refractivity contribution in [3.8, 4) is 11.3 Å². The second-order valence-electron chi connectivity index (χ2n) is 5.10. The van der Waals surface area contributed by atoms with Gasteiger partial charge in [-0.25, -0.2) is 4.79 Å². The van der Waals surface area contributed by atoms with Crippen LogP contribution >= 0.6 is 0 Å². The van der Waals surface area contributed by atoms with Crippen LogP contribution in [0.15, 0.2) is 28.8 Å². The molecule has 0 aliphatic carbocycles. The summed E-state index contributed by atoms with van der Waals surface area (Å²) in [4.78, 5) is 11.4. The first-order chi connectivity index (χ1) is 8.99. The Labute approximate surface area is 112 Å². The Bertz CT molecular complexity index is 582. The number of hydrogen-bond acceptors (Lipinski definition) is 3. The lowest BCUT2D eigenvalue weighted by molar-refractivity contribution is 0.0695. The van der Waals surface area contributed by atoms with Gasteiger partial charge in [0.1, 0.15) is 11.3 Å². The van der Waals surface area contributed by atoms with Crippen LogP contribution in [0.4, 0.5) is 0 Å². The molecule has 0 saturated carbocycles. The van der Waals surface area contributed by atoms with Crippen LogP contribution < -0.4 is 0 Å². The van der Waals surface area contributed by atoms with E-state index in [1.165, 1.54) is 0 Å². The molecule has 0 saturated heterocycles. The molecule has 0 unspecified atom stereocenters. The average molecular weight is 259 g/mol. The minimum Gasteiger partial charge on any atom is -0.477 e. The van der Waals surface area contributed by atoms with Crippen molar-refractivity contribution in [3.63, 3.8) is 0 Å². The van der Waals surface area contributed by atoms with Gasteiger partial charge in [-0.3, -0.25) is 0 Å². The third-order valence-electron chi connectivity index (χ3n) is 2.90. The molecule has 1 N–H and O–H groups in total. The van der Waals surface area contributed by atoms with Crippen molar-refractivity contribution in [2.75, 3.05) is 0 Å². The van der Waals surface area contributed by atoms with Crippen molar-refractivity contribution in [1.29, 1.82) is 0 Å². The maximum Gasteiger partial charge on any atom is 0.341 e. The molecule has 0 aliphatic heterocycles. The maximum absolute atomic E-state index is 11.4. The highest BCUT2D eigenvalue weighted by atomic mass is 16.5. The van der Waals surface area contributed by atoms with Crippen molar-refractivity contribution < 1.29 is 14.4 Å². The molecule has 0 radical (unpaired) electrons. The fraction of sp³-hybridized carbons (Fsp3) is 0.333. The number of nitrogens with zero attached hydrogens (tertiary/aromatic N) is 1. The molecule has 0 bridgehead atoms. The Balaban J connectivity index is 2.48. The fourth-order valence-electron chi connectivity index (χ4n) is 1.96. The van der Waals surface area contributed by atoms with Gasteiger partial charge in [-0.05, 0) is 12.8 Å². The van der Waals surface area contributed by atoms with Gasteiger partial charge < -0.3 is 9.63 Å². The Morgan fingerprint density at radius 3 is 2.47 bits per heavy atom. The highest BCUT2D eigenvalue weighted by Crippen LogP contribution is 2.27. The standard InChI is InChI=1S/C15H17NO3/c1-9(2)8-12-13(15(17)18)14(16-19-12)11-6-4-10(3)5-7-11/h4-7,9H,8H2,1-3H3,(H,17,18). The van der Waals surface area contributed by atoms with E-state index in [0.29, 0.717) is 23.8 Å². The number of carboxylic acids is 1. The molecule has 19 heavy (non-hydrogen) atoms. The smallest absolute Gasteiger partial charge is 0.341 e. The summed E-state index contributed by atoms with van der Waals surface area (Å²) in [7, 11) is 0. The van der Waals surface area contributed by atoms with Gasteiger partial charge in [0, 0.05) is 12.0 Å². The lowest BCUT2D eigenvalue weighted by Crippen LogP contribution is -2.04. The zero-order chi connectivity index (χ0) is 14.0. The highest BCUT2D eigenvalue weighted by molar-refractivity contribution is 5.95. The Hall–Kier alpha value is -2.10. The van der Waals surface area contributed by atoms with Crippen molar-refractivity contribution >= 4 is 5.97 Å². The van der Waals surface area contributed by atoms with Crippen LogP contribution in [0.5, 0.6) is 0 Å². The minimum absolute atomic E-state index is 0.178. The monoisotopic (exact) mass is 259 g/mol. The van der Waals surface area contributed by atoms with E-state index in [4.69, 9.17) is 4.52 Å². The van der Waals surface area contributed by atoms with Gasteiger partial charge in [0.05, 0.1) is 0 Å². The molecule has 0 aliphatic rings. The van der Waals surface area contributed by atoms with Crippen LogP contribution in [-0.2, 0) is 6.42 Å². The molecule has 1 aromatic carbocycles. The summed E-state index contributed by atoms with van der Waals surface area (Å²) in [6.45, 7) is 6.01. The molecule has 0 amide bonds. The SMILES string of the molecule is Cc1ccc(-c2noc(CC(C)C)c2C(=O)O)cc1. The van der Waals surface area contributed by atoms with Crippen molar-refractivity contribution in [2.45, 2.75) is 27.2 Å². The summed E-state index contributed by atoms with van der Waals surface area (Å²) in [5.41, 5.74) is 2.47. The van der Waals surface area contributed by atoms with Crippen LogP contribution in [-0.4, -0.2) is 16.2 Å². The first-order valence-electron chi connectivity index (χ1n) is 6.28. The van der Waals surface area contributed by atoms with Gasteiger partial charge in [0.15, 0.2) is 5.76 Å². The molecule has 100 valence electrons. The van der Waals surface area contributed by atoms with E-state index in [1.54, 1.807) is 0 Å². The summed E-state index contributed by atoms with van der Waals surface area (Å²) < 4.78 is 5.22. The van der Waals surface area contributed by atoms with E-state index in [2.05, 4.69) is 5.16 Å². The van der Waals surface area contributed by atoms with E-state index >= 15 is 0 Å². The normalized spacial score (nSPS) is 10.9. The first-order valence-corrected chi connectivity index (χ1v) is 6.28. The van der Waals surface area contributed by atoms with Crippen molar-refractivity contribution in [2.24, 2.45) is 5.92 Å². The Morgan fingerprint density at radius 1 is 1.32 bits per heavy atom. The third kappa shape index (κ3) is 2.84. The average Bonchev–Trinajstić information content (AvgIpc) is 2.73. The molecular formula is C15H17NO3. The topological polar surface area (TPSA) is 63.3 Å². The summed E-state index contributed by atoms with van der Waals surface area (Å²) in [6.07, 6.45) is 0.570. The predicted octanol–water partition coefficient (Wildman–Crippen LogP) is 3.55. The summed E-state index contributed by atoms with van der Waals surface area (Å²) in [5, 5.41) is 13.3. The van der Waals surface area contributed by atoms with E-state index in [0.717, 1.165) is 11.1 Å². The van der Waals surface area contributed by atoms with E-state index < -0.39 is 5.97 Å². The first kappa shape index (κ1) is 13.3. The third-order valence-corrected chi connectivity index (χ3v) is 2.90. The van der Waals surface area contributed by atoms with Crippen molar-refractivity contribution in [1.82, 2.24) is 5.16 Å². The molecule has 0 atom stereocenters. The number of aryl methyl sites for hydroxylation is 1. The van der Waals surface area contributed by atoms with E-state index in [9.17, 15) is 9.90 Å².